The minimum Gasteiger partial charge on any atom is -0.309 e. The molecule has 144 heavy (non-hydrogen) atoms. The first-order valence-electron chi connectivity index (χ1n) is 47.9. The zero-order chi connectivity index (χ0) is 95.1. The summed E-state index contributed by atoms with van der Waals surface area (Å²) < 4.78 is 13.8. The summed E-state index contributed by atoms with van der Waals surface area (Å²) >= 11 is 7.05. The Balaban J connectivity index is 0.000000108. The van der Waals surface area contributed by atoms with Crippen molar-refractivity contribution in [2.45, 2.75) is 0 Å². The van der Waals surface area contributed by atoms with Crippen LogP contribution in [0.2, 0.25) is 0 Å². The lowest BCUT2D eigenvalue weighted by molar-refractivity contribution is 0.998. The van der Waals surface area contributed by atoms with Crippen molar-refractivity contribution in [3.05, 3.63) is 479 Å². The second-order valence-corrected chi connectivity index (χ2v) is 39.9. The SMILES string of the molecule is c1ccc(-c2cccc(-c3cccc(-c4nc(-c5cccc(-c6cccc7c6sc6ccccc67)c5)nc5c4sc4ccccc45)c3)c2)cc1.c1ccc(-c2cccc(-c3cccc(-c4nc(-c5cccc(-n6c7ccccc7c7ccccc76)c5)nc5c4sc4ccccc45)c3)c2)cc1.c1ccc(-c2nc(-c3ccccc3)nc(-c3nc(-n4c5ccccc5c5ccccc54)nc4c3sc3ccccc34)n2)cc1. The molecule has 0 radical (unpaired) electrons. The highest BCUT2D eigenvalue weighted by Gasteiger charge is 2.27. The van der Waals surface area contributed by atoms with E-state index in [0.717, 1.165) is 147 Å². The van der Waals surface area contributed by atoms with E-state index in [1.807, 2.05) is 72.0 Å². The Labute approximate surface area is 843 Å². The van der Waals surface area contributed by atoms with E-state index in [9.17, 15) is 0 Å². The van der Waals surface area contributed by atoms with Gasteiger partial charge in [-0.15, -0.1) is 45.3 Å². The third-order valence-corrected chi connectivity index (χ3v) is 31.7. The van der Waals surface area contributed by atoms with Gasteiger partial charge >= 0.3 is 0 Å². The van der Waals surface area contributed by atoms with Crippen molar-refractivity contribution in [2.75, 3.05) is 0 Å². The number of para-hydroxylation sites is 4. The monoisotopic (exact) mass is 1910 g/mol. The van der Waals surface area contributed by atoms with Crippen LogP contribution in [-0.4, -0.2) is 54.0 Å². The van der Waals surface area contributed by atoms with Crippen LogP contribution in [0, 0.1) is 0 Å². The van der Waals surface area contributed by atoms with E-state index in [0.29, 0.717) is 29.1 Å². The van der Waals surface area contributed by atoms with Crippen molar-refractivity contribution in [1.82, 2.24) is 54.0 Å². The molecule has 0 aliphatic heterocycles. The molecule has 0 atom stereocenters. The van der Waals surface area contributed by atoms with Crippen LogP contribution in [0.4, 0.5) is 0 Å². The van der Waals surface area contributed by atoms with E-state index in [1.165, 1.54) is 95.9 Å². The number of benzene rings is 19. The van der Waals surface area contributed by atoms with Gasteiger partial charge in [-0.1, -0.05) is 388 Å². The third kappa shape index (κ3) is 15.5. The molecule has 0 spiro atoms. The summed E-state index contributed by atoms with van der Waals surface area (Å²) in [5, 5.41) is 10.8. The van der Waals surface area contributed by atoms with Crippen LogP contribution < -0.4 is 0 Å². The molecule has 10 heterocycles. The second kappa shape index (κ2) is 36.3. The number of fused-ring (bicyclic) bond motifs is 18. The van der Waals surface area contributed by atoms with E-state index in [4.69, 9.17) is 44.9 Å². The van der Waals surface area contributed by atoms with Crippen LogP contribution in [0.25, 0.3) is 272 Å². The number of nitrogens with zero attached hydrogens (tertiary/aromatic N) is 11. The highest BCUT2D eigenvalue weighted by Crippen LogP contribution is 2.48. The summed E-state index contributed by atoms with van der Waals surface area (Å²) in [6, 6.07) is 169. The minimum absolute atomic E-state index is 0.513. The maximum Gasteiger partial charge on any atom is 0.236 e. The lowest BCUT2D eigenvalue weighted by atomic mass is 9.97. The Morgan fingerprint density at radius 2 is 0.438 bits per heavy atom. The predicted molar refractivity (Wildman–Crippen MR) is 605 cm³/mol. The molecule has 0 fully saturated rings. The summed E-state index contributed by atoms with van der Waals surface area (Å²) in [5.74, 6) is 3.74. The first kappa shape index (κ1) is 85.1. The highest BCUT2D eigenvalue weighted by molar-refractivity contribution is 7.27. The smallest absolute Gasteiger partial charge is 0.236 e. The van der Waals surface area contributed by atoms with Crippen LogP contribution in [0.15, 0.2) is 479 Å². The standard InChI is InChI=1S/C46H29N3S.C46H28N2S2.C37H22N6S/c1-2-13-30(14-3-1)31-15-10-16-32(27-31)33-17-11-18-34(28-33)43-45-44(39-23-6-9-26-42(39)50-45)48-46(47-43)35-19-12-20-36(29-35)49-40-24-7-4-21-37(40)38-22-5-8-25-41(38)49;1-2-12-29(13-3-1)30-14-8-15-31(26-30)32-16-9-18-34(27-32)42-45-43(39-21-5-7-25-41(39)50-45)48-46(47-42)35-19-10-17-33(28-35)36-22-11-23-38-37-20-4-6-24-40(37)49-44(36)38;1-3-13-23(14-4-1)34-40-35(24-15-5-2-6-16-24)42-36(41-34)32-33-31(27-19-9-12-22-30(27)44-33)38-37(39-32)43-28-20-10-7-17-25(28)26-18-8-11-21-29(26)43/h1-29H;1-28H;1-22H. The fourth-order valence-electron chi connectivity index (χ4n) is 20.2. The fraction of sp³-hybridized carbons (Fsp3) is 0. The molecular formula is C129H79N11S4. The normalized spacial score (nSPS) is 11.6. The topological polar surface area (TPSA) is 126 Å². The van der Waals surface area contributed by atoms with Gasteiger partial charge in [0.05, 0.1) is 64.1 Å². The fourth-order valence-corrected chi connectivity index (χ4v) is 24.9. The Bertz CT molecular complexity index is 9910. The summed E-state index contributed by atoms with van der Waals surface area (Å²) in [5.41, 5.74) is 28.9. The Kier molecular flexibility index (Phi) is 21.4. The quantitative estimate of drug-likeness (QED) is 0.105. The van der Waals surface area contributed by atoms with Gasteiger partial charge in [-0.25, -0.2) is 44.9 Å². The Morgan fingerprint density at radius 3 is 0.889 bits per heavy atom. The van der Waals surface area contributed by atoms with E-state index >= 15 is 0 Å². The van der Waals surface area contributed by atoms with Crippen LogP contribution in [0.5, 0.6) is 0 Å². The lowest BCUT2D eigenvalue weighted by Gasteiger charge is -2.12. The second-order valence-electron chi connectivity index (χ2n) is 35.7. The molecule has 10 aromatic heterocycles. The van der Waals surface area contributed by atoms with Gasteiger partial charge in [-0.3, -0.25) is 4.57 Å². The van der Waals surface area contributed by atoms with Crippen LogP contribution in [0.3, 0.4) is 0 Å². The lowest BCUT2D eigenvalue weighted by Crippen LogP contribution is -2.05. The summed E-state index contributed by atoms with van der Waals surface area (Å²) in [4.78, 5) is 46.9. The van der Waals surface area contributed by atoms with Crippen molar-refractivity contribution in [3.8, 4) is 147 Å². The number of rotatable bonds is 14. The average Bonchev–Trinajstić information content (AvgIpc) is 1.58. The third-order valence-electron chi connectivity index (χ3n) is 27.0. The molecule has 0 aliphatic rings. The first-order chi connectivity index (χ1) is 71.4. The maximum absolute atomic E-state index is 5.37. The van der Waals surface area contributed by atoms with E-state index < -0.39 is 0 Å². The minimum atomic E-state index is 0.513. The molecule has 19 aromatic carbocycles. The van der Waals surface area contributed by atoms with Gasteiger partial charge in [-0.2, -0.15) is 0 Å². The molecule has 0 saturated heterocycles. The zero-order valence-electron chi connectivity index (χ0n) is 77.2. The first-order valence-corrected chi connectivity index (χ1v) is 51.2. The number of aromatic nitrogens is 11. The molecule has 0 amide bonds. The Morgan fingerprint density at radius 1 is 0.153 bits per heavy atom. The van der Waals surface area contributed by atoms with Crippen LogP contribution in [-0.2, 0) is 0 Å². The number of thiophene rings is 4. The highest BCUT2D eigenvalue weighted by atomic mass is 32.1. The number of hydrogen-bond acceptors (Lipinski definition) is 13. The van der Waals surface area contributed by atoms with Gasteiger partial charge in [0, 0.05) is 111 Å². The van der Waals surface area contributed by atoms with Gasteiger partial charge in [0.25, 0.3) is 0 Å². The van der Waals surface area contributed by atoms with E-state index in [2.05, 4.69) is 428 Å². The van der Waals surface area contributed by atoms with Gasteiger partial charge in [0.2, 0.25) is 5.95 Å². The molecule has 0 N–H and O–H groups in total. The van der Waals surface area contributed by atoms with Crippen molar-refractivity contribution in [2.24, 2.45) is 0 Å². The molecule has 0 saturated carbocycles. The van der Waals surface area contributed by atoms with Crippen molar-refractivity contribution in [3.63, 3.8) is 0 Å². The molecule has 29 aromatic rings. The van der Waals surface area contributed by atoms with Gasteiger partial charge in [0.1, 0.15) is 5.69 Å². The molecule has 0 aliphatic carbocycles. The van der Waals surface area contributed by atoms with Gasteiger partial charge in [0.15, 0.2) is 29.1 Å². The summed E-state index contributed by atoms with van der Waals surface area (Å²) in [6.45, 7) is 0. The average molecular weight is 1910 g/mol. The largest absolute Gasteiger partial charge is 0.309 e. The van der Waals surface area contributed by atoms with Crippen LogP contribution in [0.1, 0.15) is 0 Å². The van der Waals surface area contributed by atoms with Gasteiger partial charge in [-0.05, 0) is 147 Å². The molecule has 15 heteroatoms. The predicted octanol–water partition coefficient (Wildman–Crippen LogP) is 35.3. The van der Waals surface area contributed by atoms with E-state index in [1.54, 1.807) is 34.0 Å². The number of hydrogen-bond donors (Lipinski definition) is 0. The van der Waals surface area contributed by atoms with Crippen molar-refractivity contribution >= 4 is 170 Å². The molecule has 674 valence electrons. The van der Waals surface area contributed by atoms with Crippen molar-refractivity contribution in [1.29, 1.82) is 0 Å². The summed E-state index contributed by atoms with van der Waals surface area (Å²) in [7, 11) is 0. The van der Waals surface area contributed by atoms with E-state index in [-0.39, 0.29) is 0 Å². The molecule has 11 nitrogen and oxygen atoms in total. The van der Waals surface area contributed by atoms with Gasteiger partial charge < -0.3 is 4.57 Å². The maximum atomic E-state index is 5.37. The van der Waals surface area contributed by atoms with Crippen molar-refractivity contribution < 1.29 is 0 Å². The Hall–Kier alpha value is -18.1. The van der Waals surface area contributed by atoms with Crippen LogP contribution >= 0.6 is 45.3 Å². The molecule has 0 unspecified atom stereocenters. The molecule has 29 rings (SSSR count). The molecular weight excluding hydrogens is 1830 g/mol. The summed E-state index contributed by atoms with van der Waals surface area (Å²) in [6.07, 6.45) is 0. The zero-order valence-corrected chi connectivity index (χ0v) is 80.4. The molecule has 0 bridgehead atoms.